The Labute approximate surface area is 190 Å². The molecule has 164 valence electrons. The molecule has 4 aromatic rings. The van der Waals surface area contributed by atoms with Crippen LogP contribution in [0.2, 0.25) is 0 Å². The van der Waals surface area contributed by atoms with Gasteiger partial charge in [0, 0.05) is 30.4 Å². The normalized spacial score (nSPS) is 16.6. The van der Waals surface area contributed by atoms with Crippen LogP contribution in [0.5, 0.6) is 0 Å². The van der Waals surface area contributed by atoms with E-state index in [2.05, 4.69) is 41.8 Å². The molecule has 3 heterocycles. The zero-order chi connectivity index (χ0) is 22.2. The molecule has 1 fully saturated rings. The first-order valence-corrected chi connectivity index (χ1v) is 11.8. The molecule has 0 bridgehead atoms. The van der Waals surface area contributed by atoms with Crippen LogP contribution < -0.4 is 0 Å². The summed E-state index contributed by atoms with van der Waals surface area (Å²) in [6.07, 6.45) is 3.63. The number of benzene rings is 2. The fourth-order valence-electron chi connectivity index (χ4n) is 4.29. The van der Waals surface area contributed by atoms with Gasteiger partial charge in [-0.2, -0.15) is 0 Å². The van der Waals surface area contributed by atoms with Gasteiger partial charge in [-0.3, -0.25) is 14.0 Å². The number of ether oxygens (including phenoxy) is 1. The fourth-order valence-corrected chi connectivity index (χ4v) is 5.34. The quantitative estimate of drug-likeness (QED) is 0.416. The number of esters is 1. The Morgan fingerprint density at radius 2 is 2.00 bits per heavy atom. The Morgan fingerprint density at radius 1 is 1.19 bits per heavy atom. The Kier molecular flexibility index (Phi) is 5.43. The zero-order valence-corrected chi connectivity index (χ0v) is 19.0. The second-order valence-corrected chi connectivity index (χ2v) is 9.28. The first-order valence-electron chi connectivity index (χ1n) is 11.0. The van der Waals surface area contributed by atoms with Crippen molar-refractivity contribution in [3.05, 3.63) is 59.8 Å². The summed E-state index contributed by atoms with van der Waals surface area (Å²) in [5.41, 5.74) is 4.93. The van der Waals surface area contributed by atoms with Crippen molar-refractivity contribution in [2.75, 3.05) is 19.7 Å². The van der Waals surface area contributed by atoms with Crippen molar-refractivity contribution in [1.82, 2.24) is 14.3 Å². The number of piperidine rings is 1. The van der Waals surface area contributed by atoms with Crippen LogP contribution in [0.1, 0.15) is 35.7 Å². The van der Waals surface area contributed by atoms with Gasteiger partial charge in [0.25, 0.3) is 5.91 Å². The van der Waals surface area contributed by atoms with E-state index in [1.165, 1.54) is 5.56 Å². The van der Waals surface area contributed by atoms with Crippen molar-refractivity contribution in [2.24, 2.45) is 5.92 Å². The van der Waals surface area contributed by atoms with Gasteiger partial charge in [0.1, 0.15) is 0 Å². The summed E-state index contributed by atoms with van der Waals surface area (Å²) in [7, 11) is 0. The van der Waals surface area contributed by atoms with Crippen LogP contribution in [0.3, 0.4) is 0 Å². The van der Waals surface area contributed by atoms with Gasteiger partial charge in [-0.15, -0.1) is 0 Å². The molecule has 0 saturated carbocycles. The number of thiazole rings is 1. The molecule has 1 aliphatic rings. The van der Waals surface area contributed by atoms with Gasteiger partial charge in [0.15, 0.2) is 4.96 Å². The first-order chi connectivity index (χ1) is 15.5. The minimum absolute atomic E-state index is 0.0349. The third kappa shape index (κ3) is 3.77. The molecule has 0 spiro atoms. The number of amides is 1. The van der Waals surface area contributed by atoms with E-state index in [9.17, 15) is 9.59 Å². The van der Waals surface area contributed by atoms with Crippen LogP contribution in [-0.4, -0.2) is 45.9 Å². The number of carbonyl (C=O) groups excluding carboxylic acids is 2. The Bertz CT molecular complexity index is 1310. The molecular formula is C25H25N3O3S. The van der Waals surface area contributed by atoms with Gasteiger partial charge < -0.3 is 9.64 Å². The lowest BCUT2D eigenvalue weighted by Gasteiger charge is -2.31. The molecule has 1 amide bonds. The average molecular weight is 448 g/mol. The summed E-state index contributed by atoms with van der Waals surface area (Å²) in [5.74, 6) is -0.474. The molecule has 1 aliphatic heterocycles. The van der Waals surface area contributed by atoms with Crippen molar-refractivity contribution in [2.45, 2.75) is 26.7 Å². The van der Waals surface area contributed by atoms with E-state index in [0.29, 0.717) is 25.3 Å². The predicted octanol–water partition coefficient (Wildman–Crippen LogP) is 4.94. The highest BCUT2D eigenvalue weighted by molar-refractivity contribution is 7.23. The van der Waals surface area contributed by atoms with Crippen molar-refractivity contribution in [1.29, 1.82) is 0 Å². The van der Waals surface area contributed by atoms with Gasteiger partial charge in [0.2, 0.25) is 0 Å². The van der Waals surface area contributed by atoms with Gasteiger partial charge >= 0.3 is 5.97 Å². The molecule has 6 nitrogen and oxygen atoms in total. The lowest BCUT2D eigenvalue weighted by Crippen LogP contribution is -2.42. The number of nitrogens with zero attached hydrogens (tertiary/aromatic N) is 3. The number of rotatable bonds is 4. The Hall–Kier alpha value is -3.19. The molecule has 0 unspecified atom stereocenters. The maximum atomic E-state index is 13.1. The standard InChI is InChI=1S/C25H25N3O3S/c1-3-31-24(30)19-5-4-12-27(14-19)23(29)18-10-11-21-22(13-18)32-25-26-20(15-28(21)25)17-8-6-16(2)7-9-17/h6-11,13,15,19H,3-5,12,14H2,1-2H3/t19-/m1/s1. The van der Waals surface area contributed by atoms with E-state index < -0.39 is 0 Å². The van der Waals surface area contributed by atoms with Crippen LogP contribution in [0.4, 0.5) is 0 Å². The van der Waals surface area contributed by atoms with Crippen LogP contribution in [0.25, 0.3) is 26.4 Å². The second kappa shape index (κ2) is 8.39. The predicted molar refractivity (Wildman–Crippen MR) is 126 cm³/mol. The van der Waals surface area contributed by atoms with E-state index in [1.54, 1.807) is 23.2 Å². The number of likely N-dealkylation sites (tertiary alicyclic amines) is 1. The van der Waals surface area contributed by atoms with Gasteiger partial charge in [-0.05, 0) is 44.9 Å². The van der Waals surface area contributed by atoms with Gasteiger partial charge in [-0.25, -0.2) is 4.98 Å². The number of aromatic nitrogens is 2. The summed E-state index contributed by atoms with van der Waals surface area (Å²) in [6.45, 7) is 5.33. The number of hydrogen-bond donors (Lipinski definition) is 0. The number of imidazole rings is 1. The van der Waals surface area contributed by atoms with Crippen molar-refractivity contribution >= 4 is 38.4 Å². The molecule has 2 aromatic heterocycles. The maximum absolute atomic E-state index is 13.1. The van der Waals surface area contributed by atoms with Crippen molar-refractivity contribution < 1.29 is 14.3 Å². The zero-order valence-electron chi connectivity index (χ0n) is 18.2. The van der Waals surface area contributed by atoms with Crippen LogP contribution in [0, 0.1) is 12.8 Å². The largest absolute Gasteiger partial charge is 0.466 e. The van der Waals surface area contributed by atoms with Crippen molar-refractivity contribution in [3.63, 3.8) is 0 Å². The molecule has 1 atom stereocenters. The number of fused-ring (bicyclic) bond motifs is 3. The molecule has 0 aliphatic carbocycles. The second-order valence-electron chi connectivity index (χ2n) is 8.27. The van der Waals surface area contributed by atoms with Gasteiger partial charge in [-0.1, -0.05) is 41.2 Å². The van der Waals surface area contributed by atoms with Gasteiger partial charge in [0.05, 0.1) is 28.4 Å². The van der Waals surface area contributed by atoms with E-state index in [1.807, 2.05) is 18.2 Å². The third-order valence-electron chi connectivity index (χ3n) is 6.02. The van der Waals surface area contributed by atoms with E-state index in [0.717, 1.165) is 39.3 Å². The number of hydrogen-bond acceptors (Lipinski definition) is 5. The average Bonchev–Trinajstić information content (AvgIpc) is 3.37. The molecule has 0 N–H and O–H groups in total. The Morgan fingerprint density at radius 3 is 2.78 bits per heavy atom. The number of carbonyl (C=O) groups is 2. The Balaban J connectivity index is 1.40. The summed E-state index contributed by atoms with van der Waals surface area (Å²) < 4.78 is 8.27. The smallest absolute Gasteiger partial charge is 0.310 e. The van der Waals surface area contributed by atoms with Crippen LogP contribution >= 0.6 is 11.3 Å². The maximum Gasteiger partial charge on any atom is 0.310 e. The minimum atomic E-state index is -0.235. The first kappa shape index (κ1) is 20.7. The SMILES string of the molecule is CCOC(=O)[C@@H]1CCCN(C(=O)c2ccc3c(c2)sc2nc(-c4ccc(C)cc4)cn23)C1. The highest BCUT2D eigenvalue weighted by Crippen LogP contribution is 2.31. The highest BCUT2D eigenvalue weighted by Gasteiger charge is 2.30. The molecule has 0 radical (unpaired) electrons. The molecule has 7 heteroatoms. The summed E-state index contributed by atoms with van der Waals surface area (Å²) in [5, 5.41) is 0. The van der Waals surface area contributed by atoms with Crippen LogP contribution in [0.15, 0.2) is 48.7 Å². The monoisotopic (exact) mass is 447 g/mol. The molecule has 5 rings (SSSR count). The summed E-state index contributed by atoms with van der Waals surface area (Å²) in [4.78, 5) is 32.7. The topological polar surface area (TPSA) is 63.9 Å². The third-order valence-corrected chi connectivity index (χ3v) is 7.03. The van der Waals surface area contributed by atoms with E-state index in [-0.39, 0.29) is 17.8 Å². The molecular weight excluding hydrogens is 422 g/mol. The van der Waals surface area contributed by atoms with E-state index in [4.69, 9.17) is 9.72 Å². The molecule has 1 saturated heterocycles. The summed E-state index contributed by atoms with van der Waals surface area (Å²) >= 11 is 1.58. The van der Waals surface area contributed by atoms with Crippen LogP contribution in [-0.2, 0) is 9.53 Å². The van der Waals surface area contributed by atoms with E-state index >= 15 is 0 Å². The summed E-state index contributed by atoms with van der Waals surface area (Å²) in [6, 6.07) is 14.1. The lowest BCUT2D eigenvalue weighted by atomic mass is 9.97. The minimum Gasteiger partial charge on any atom is -0.466 e. The lowest BCUT2D eigenvalue weighted by molar-refractivity contribution is -0.149. The highest BCUT2D eigenvalue weighted by atomic mass is 32.1. The van der Waals surface area contributed by atoms with Crippen molar-refractivity contribution in [3.8, 4) is 11.3 Å². The molecule has 2 aromatic carbocycles. The number of aryl methyl sites for hydroxylation is 1. The fraction of sp³-hybridized carbons (Fsp3) is 0.320. The molecule has 32 heavy (non-hydrogen) atoms.